The van der Waals surface area contributed by atoms with Crippen LogP contribution in [-0.2, 0) is 0 Å². The van der Waals surface area contributed by atoms with Gasteiger partial charge in [0.2, 0.25) is 0 Å². The van der Waals surface area contributed by atoms with Crippen molar-refractivity contribution in [3.63, 3.8) is 0 Å². The van der Waals surface area contributed by atoms with E-state index in [1.54, 1.807) is 0 Å². The quantitative estimate of drug-likeness (QED) is 0.797. The van der Waals surface area contributed by atoms with Crippen LogP contribution in [0.2, 0.25) is 0 Å². The summed E-state index contributed by atoms with van der Waals surface area (Å²) in [7, 11) is 0. The largest absolute Gasteiger partial charge is 0.392 e. The van der Waals surface area contributed by atoms with E-state index in [2.05, 4.69) is 36.5 Å². The predicted molar refractivity (Wildman–Crippen MR) is 66.3 cm³/mol. The highest BCUT2D eigenvalue weighted by molar-refractivity contribution is 5.25. The summed E-state index contributed by atoms with van der Waals surface area (Å²) in [5, 5.41) is 12.8. The molecule has 0 spiro atoms. The Balaban J connectivity index is 2.03. The van der Waals surface area contributed by atoms with Crippen molar-refractivity contribution in [3.05, 3.63) is 35.4 Å². The van der Waals surface area contributed by atoms with Gasteiger partial charge in [-0.15, -0.1) is 0 Å². The molecule has 2 rings (SSSR count). The maximum Gasteiger partial charge on any atom is 0.0636 e. The molecule has 1 saturated carbocycles. The molecule has 1 unspecified atom stereocenters. The van der Waals surface area contributed by atoms with Gasteiger partial charge in [-0.2, -0.15) is 0 Å². The molecule has 0 aromatic heterocycles. The van der Waals surface area contributed by atoms with Crippen LogP contribution >= 0.6 is 0 Å². The van der Waals surface area contributed by atoms with Gasteiger partial charge in [0.15, 0.2) is 0 Å². The van der Waals surface area contributed by atoms with Crippen LogP contribution < -0.4 is 5.32 Å². The van der Waals surface area contributed by atoms with Crippen molar-refractivity contribution < 1.29 is 5.11 Å². The van der Waals surface area contributed by atoms with Gasteiger partial charge < -0.3 is 10.4 Å². The number of hydrogen-bond donors (Lipinski definition) is 2. The minimum Gasteiger partial charge on any atom is -0.392 e. The molecule has 0 saturated heterocycles. The molecule has 1 aliphatic carbocycles. The zero-order valence-corrected chi connectivity index (χ0v) is 10.1. The summed E-state index contributed by atoms with van der Waals surface area (Å²) >= 11 is 0. The Labute approximate surface area is 97.7 Å². The lowest BCUT2D eigenvalue weighted by Crippen LogP contribution is -2.30. The molecule has 0 amide bonds. The van der Waals surface area contributed by atoms with Gasteiger partial charge in [-0.25, -0.2) is 0 Å². The fourth-order valence-corrected chi connectivity index (χ4v) is 2.06. The number of rotatable bonds is 5. The van der Waals surface area contributed by atoms with E-state index in [9.17, 15) is 5.11 Å². The maximum atomic E-state index is 9.33. The van der Waals surface area contributed by atoms with Crippen molar-refractivity contribution in [3.8, 4) is 0 Å². The molecule has 1 aliphatic rings. The molecule has 2 atom stereocenters. The predicted octanol–water partition coefficient (Wildman–Crippen LogP) is 2.42. The summed E-state index contributed by atoms with van der Waals surface area (Å²) < 4.78 is 0. The molecule has 16 heavy (non-hydrogen) atoms. The van der Waals surface area contributed by atoms with E-state index in [1.165, 1.54) is 24.0 Å². The zero-order valence-electron chi connectivity index (χ0n) is 10.1. The number of hydrogen-bond acceptors (Lipinski definition) is 2. The lowest BCUT2D eigenvalue weighted by Gasteiger charge is -2.20. The number of benzene rings is 1. The standard InChI is InChI=1S/C14H21NO/c1-10-3-5-12(6-4-10)14(13-7-8-13)15-9-11(2)16/h3-6,11,13-16H,7-9H2,1-2H3/t11-,14?/m1/s1. The van der Waals surface area contributed by atoms with Crippen LogP contribution in [0.5, 0.6) is 0 Å². The average molecular weight is 219 g/mol. The van der Waals surface area contributed by atoms with Crippen LogP contribution in [0, 0.1) is 12.8 Å². The normalized spacial score (nSPS) is 19.4. The first-order valence-electron chi connectivity index (χ1n) is 6.15. The van der Waals surface area contributed by atoms with E-state index in [4.69, 9.17) is 0 Å². The summed E-state index contributed by atoms with van der Waals surface area (Å²) in [5.74, 6) is 0.765. The third-order valence-electron chi connectivity index (χ3n) is 3.16. The van der Waals surface area contributed by atoms with Crippen molar-refractivity contribution in [2.24, 2.45) is 5.92 Å². The van der Waals surface area contributed by atoms with Gasteiger partial charge in [0.25, 0.3) is 0 Å². The molecule has 1 fully saturated rings. The Morgan fingerprint density at radius 1 is 1.31 bits per heavy atom. The van der Waals surface area contributed by atoms with Gasteiger partial charge in [0.05, 0.1) is 6.10 Å². The van der Waals surface area contributed by atoms with Crippen LogP contribution in [0.15, 0.2) is 24.3 Å². The van der Waals surface area contributed by atoms with Gasteiger partial charge in [-0.3, -0.25) is 0 Å². The minimum atomic E-state index is -0.272. The SMILES string of the molecule is Cc1ccc(C(NC[C@@H](C)O)C2CC2)cc1. The molecule has 1 aromatic carbocycles. The molecular formula is C14H21NO. The van der Waals surface area contributed by atoms with Crippen molar-refractivity contribution in [1.29, 1.82) is 0 Å². The number of aliphatic hydroxyl groups is 1. The lowest BCUT2D eigenvalue weighted by atomic mass is 10.0. The van der Waals surface area contributed by atoms with Crippen LogP contribution in [-0.4, -0.2) is 17.8 Å². The Kier molecular flexibility index (Phi) is 3.62. The van der Waals surface area contributed by atoms with Gasteiger partial charge >= 0.3 is 0 Å². The van der Waals surface area contributed by atoms with Crippen LogP contribution in [0.4, 0.5) is 0 Å². The summed E-state index contributed by atoms with van der Waals surface area (Å²) in [6, 6.07) is 9.15. The second-order valence-electron chi connectivity index (χ2n) is 4.98. The first kappa shape index (κ1) is 11.6. The number of aryl methyl sites for hydroxylation is 1. The molecule has 0 bridgehead atoms. The Morgan fingerprint density at radius 3 is 2.44 bits per heavy atom. The van der Waals surface area contributed by atoms with E-state index in [0.29, 0.717) is 12.6 Å². The molecule has 88 valence electrons. The Bertz CT molecular complexity index is 327. The fraction of sp³-hybridized carbons (Fsp3) is 0.571. The fourth-order valence-electron chi connectivity index (χ4n) is 2.06. The Morgan fingerprint density at radius 2 is 1.94 bits per heavy atom. The van der Waals surface area contributed by atoms with Crippen LogP contribution in [0.1, 0.15) is 36.9 Å². The van der Waals surface area contributed by atoms with E-state index in [0.717, 1.165) is 5.92 Å². The van der Waals surface area contributed by atoms with Gasteiger partial charge in [-0.05, 0) is 38.2 Å². The van der Waals surface area contributed by atoms with E-state index >= 15 is 0 Å². The topological polar surface area (TPSA) is 32.3 Å². The summed E-state index contributed by atoms with van der Waals surface area (Å²) in [4.78, 5) is 0. The molecule has 2 N–H and O–H groups in total. The third kappa shape index (κ3) is 3.06. The van der Waals surface area contributed by atoms with Gasteiger partial charge in [0, 0.05) is 12.6 Å². The van der Waals surface area contributed by atoms with Crippen LogP contribution in [0.25, 0.3) is 0 Å². The molecular weight excluding hydrogens is 198 g/mol. The number of nitrogens with one attached hydrogen (secondary N) is 1. The second-order valence-corrected chi connectivity index (χ2v) is 4.98. The zero-order chi connectivity index (χ0) is 11.5. The first-order chi connectivity index (χ1) is 7.66. The summed E-state index contributed by atoms with van der Waals surface area (Å²) in [5.41, 5.74) is 2.66. The highest BCUT2D eigenvalue weighted by Gasteiger charge is 2.31. The van der Waals surface area contributed by atoms with Crippen molar-refractivity contribution >= 4 is 0 Å². The van der Waals surface area contributed by atoms with Crippen molar-refractivity contribution in [2.75, 3.05) is 6.54 Å². The number of aliphatic hydroxyl groups excluding tert-OH is 1. The minimum absolute atomic E-state index is 0.272. The first-order valence-corrected chi connectivity index (χ1v) is 6.15. The highest BCUT2D eigenvalue weighted by Crippen LogP contribution is 2.40. The van der Waals surface area contributed by atoms with Gasteiger partial charge in [-0.1, -0.05) is 29.8 Å². The lowest BCUT2D eigenvalue weighted by molar-refractivity contribution is 0.184. The average Bonchev–Trinajstić information content (AvgIpc) is 3.04. The highest BCUT2D eigenvalue weighted by atomic mass is 16.3. The van der Waals surface area contributed by atoms with E-state index in [-0.39, 0.29) is 6.10 Å². The third-order valence-corrected chi connectivity index (χ3v) is 3.16. The molecule has 0 heterocycles. The molecule has 0 radical (unpaired) electrons. The van der Waals surface area contributed by atoms with Crippen LogP contribution in [0.3, 0.4) is 0 Å². The van der Waals surface area contributed by atoms with Crippen molar-refractivity contribution in [1.82, 2.24) is 5.32 Å². The molecule has 0 aliphatic heterocycles. The van der Waals surface area contributed by atoms with E-state index < -0.39 is 0 Å². The second kappa shape index (κ2) is 4.98. The van der Waals surface area contributed by atoms with E-state index in [1.807, 2.05) is 6.92 Å². The molecule has 1 aromatic rings. The summed E-state index contributed by atoms with van der Waals surface area (Å²) in [6.45, 7) is 4.61. The Hall–Kier alpha value is -0.860. The van der Waals surface area contributed by atoms with Gasteiger partial charge in [0.1, 0.15) is 0 Å². The summed E-state index contributed by atoms with van der Waals surface area (Å²) in [6.07, 6.45) is 2.35. The monoisotopic (exact) mass is 219 g/mol. The maximum absolute atomic E-state index is 9.33. The van der Waals surface area contributed by atoms with Crippen molar-refractivity contribution in [2.45, 2.75) is 38.8 Å². The molecule has 2 heteroatoms. The smallest absolute Gasteiger partial charge is 0.0636 e. The molecule has 2 nitrogen and oxygen atoms in total.